The van der Waals surface area contributed by atoms with E-state index in [0.29, 0.717) is 18.5 Å². The summed E-state index contributed by atoms with van der Waals surface area (Å²) < 4.78 is 1.09. The first kappa shape index (κ1) is 12.0. The van der Waals surface area contributed by atoms with Crippen molar-refractivity contribution >= 4 is 27.5 Å². The number of aliphatic hydroxyl groups is 1. The maximum Gasteiger partial charge on any atom is 0.251 e. The number of amides is 1. The smallest absolute Gasteiger partial charge is 0.251 e. The summed E-state index contributed by atoms with van der Waals surface area (Å²) in [6.45, 7) is 2.53. The Morgan fingerprint density at radius 1 is 1.53 bits per heavy atom. The third-order valence-corrected chi connectivity index (χ3v) is 3.33. The summed E-state index contributed by atoms with van der Waals surface area (Å²) in [7, 11) is 0. The van der Waals surface area contributed by atoms with Gasteiger partial charge in [-0.3, -0.25) is 4.79 Å². The summed E-state index contributed by atoms with van der Waals surface area (Å²) in [5.74, 6) is -0.119. The average Bonchev–Trinajstić information content (AvgIpc) is 2.68. The second kappa shape index (κ2) is 5.25. The topological polar surface area (TPSA) is 62.2 Å². The van der Waals surface area contributed by atoms with E-state index in [1.807, 2.05) is 13.0 Å². The normalized spacial score (nSPS) is 10.7. The van der Waals surface area contributed by atoms with Crippen LogP contribution in [0.2, 0.25) is 0 Å². The lowest BCUT2D eigenvalue weighted by atomic mass is 10.2. The Kier molecular flexibility index (Phi) is 3.71. The summed E-state index contributed by atoms with van der Waals surface area (Å²) in [5, 5.41) is 12.4. The van der Waals surface area contributed by atoms with Crippen LogP contribution in [-0.4, -0.2) is 29.1 Å². The first-order chi connectivity index (χ1) is 8.20. The van der Waals surface area contributed by atoms with Gasteiger partial charge in [0.2, 0.25) is 0 Å². The van der Waals surface area contributed by atoms with Gasteiger partial charge < -0.3 is 10.4 Å². The quantitative estimate of drug-likeness (QED) is 0.812. The lowest BCUT2D eigenvalue weighted by molar-refractivity contribution is 0.0951. The Morgan fingerprint density at radius 2 is 2.35 bits per heavy atom. The van der Waals surface area contributed by atoms with Gasteiger partial charge in [-0.15, -0.1) is 11.3 Å². The first-order valence-corrected chi connectivity index (χ1v) is 6.28. The van der Waals surface area contributed by atoms with E-state index in [9.17, 15) is 4.79 Å². The molecule has 0 saturated heterocycles. The van der Waals surface area contributed by atoms with Gasteiger partial charge in [-0.25, -0.2) is 4.98 Å². The predicted octanol–water partition coefficient (Wildman–Crippen LogP) is 1.72. The molecule has 0 aliphatic heterocycles. The highest BCUT2D eigenvalue weighted by Crippen LogP contribution is 2.22. The first-order valence-electron chi connectivity index (χ1n) is 5.47. The standard InChI is InChI=1S/C12H14N2O2S/c1-8-14-10-7-9(3-4-11(10)17-8)12(16)13-5-2-6-15/h3-4,7,15H,2,5-6H2,1H3,(H,13,16). The van der Waals surface area contributed by atoms with Crippen LogP contribution in [0, 0.1) is 6.92 Å². The van der Waals surface area contributed by atoms with Crippen LogP contribution in [0.1, 0.15) is 21.8 Å². The summed E-state index contributed by atoms with van der Waals surface area (Å²) in [5.41, 5.74) is 1.48. The van der Waals surface area contributed by atoms with Crippen molar-refractivity contribution in [1.29, 1.82) is 0 Å². The third-order valence-electron chi connectivity index (χ3n) is 2.38. The molecule has 0 fully saturated rings. The van der Waals surface area contributed by atoms with Crippen LogP contribution in [0.25, 0.3) is 10.2 Å². The zero-order valence-corrected chi connectivity index (χ0v) is 10.4. The van der Waals surface area contributed by atoms with Gasteiger partial charge in [0.05, 0.1) is 15.2 Å². The number of rotatable bonds is 4. The van der Waals surface area contributed by atoms with E-state index in [1.165, 1.54) is 0 Å². The van der Waals surface area contributed by atoms with Gasteiger partial charge in [0.15, 0.2) is 0 Å². The van der Waals surface area contributed by atoms with Gasteiger partial charge in [-0.1, -0.05) is 0 Å². The molecular formula is C12H14N2O2S. The number of hydrogen-bond donors (Lipinski definition) is 2. The summed E-state index contributed by atoms with van der Waals surface area (Å²) in [6, 6.07) is 5.52. The number of aryl methyl sites for hydroxylation is 1. The van der Waals surface area contributed by atoms with Gasteiger partial charge in [-0.05, 0) is 31.5 Å². The van der Waals surface area contributed by atoms with Crippen LogP contribution in [0.4, 0.5) is 0 Å². The van der Waals surface area contributed by atoms with Gasteiger partial charge >= 0.3 is 0 Å². The van der Waals surface area contributed by atoms with Crippen LogP contribution in [0.15, 0.2) is 18.2 Å². The largest absolute Gasteiger partial charge is 0.396 e. The Bertz CT molecular complexity index is 536. The second-order valence-corrected chi connectivity index (χ2v) is 4.98. The number of carbonyl (C=O) groups excluding carboxylic acids is 1. The molecule has 2 rings (SSSR count). The summed E-state index contributed by atoms with van der Waals surface area (Å²) in [4.78, 5) is 16.1. The van der Waals surface area contributed by atoms with Crippen molar-refractivity contribution in [2.45, 2.75) is 13.3 Å². The number of aliphatic hydroxyl groups excluding tert-OH is 1. The highest BCUT2D eigenvalue weighted by Gasteiger charge is 2.07. The Labute approximate surface area is 103 Å². The van der Waals surface area contributed by atoms with Crippen LogP contribution >= 0.6 is 11.3 Å². The molecule has 0 unspecified atom stereocenters. The maximum atomic E-state index is 11.8. The second-order valence-electron chi connectivity index (χ2n) is 3.75. The van der Waals surface area contributed by atoms with Gasteiger partial charge in [-0.2, -0.15) is 0 Å². The molecule has 1 aromatic heterocycles. The number of nitrogens with zero attached hydrogens (tertiary/aromatic N) is 1. The fourth-order valence-electron chi connectivity index (χ4n) is 1.57. The minimum Gasteiger partial charge on any atom is -0.396 e. The molecule has 0 bridgehead atoms. The van der Waals surface area contributed by atoms with Gasteiger partial charge in [0.1, 0.15) is 0 Å². The molecule has 4 nitrogen and oxygen atoms in total. The Balaban J connectivity index is 2.15. The number of carbonyl (C=O) groups is 1. The molecule has 1 aromatic carbocycles. The van der Waals surface area contributed by atoms with E-state index in [4.69, 9.17) is 5.11 Å². The highest BCUT2D eigenvalue weighted by molar-refractivity contribution is 7.18. The number of hydrogen-bond acceptors (Lipinski definition) is 4. The number of thiazole rings is 1. The van der Waals surface area contributed by atoms with Crippen LogP contribution in [0.5, 0.6) is 0 Å². The van der Waals surface area contributed by atoms with Crippen molar-refractivity contribution in [3.05, 3.63) is 28.8 Å². The molecule has 1 amide bonds. The molecule has 2 N–H and O–H groups in total. The van der Waals surface area contributed by atoms with Crippen LogP contribution in [-0.2, 0) is 0 Å². The number of aromatic nitrogens is 1. The maximum absolute atomic E-state index is 11.8. The average molecular weight is 250 g/mol. The molecule has 0 atom stereocenters. The number of benzene rings is 1. The van der Waals surface area contributed by atoms with E-state index < -0.39 is 0 Å². The monoisotopic (exact) mass is 250 g/mol. The molecular weight excluding hydrogens is 236 g/mol. The minimum atomic E-state index is -0.119. The van der Waals surface area contributed by atoms with E-state index in [2.05, 4.69) is 10.3 Å². The minimum absolute atomic E-state index is 0.0879. The lowest BCUT2D eigenvalue weighted by Crippen LogP contribution is -2.24. The van der Waals surface area contributed by atoms with E-state index in [0.717, 1.165) is 15.2 Å². The fraction of sp³-hybridized carbons (Fsp3) is 0.333. The Hall–Kier alpha value is -1.46. The molecule has 1 heterocycles. The summed E-state index contributed by atoms with van der Waals surface area (Å²) >= 11 is 1.62. The van der Waals surface area contributed by atoms with Crippen LogP contribution in [0.3, 0.4) is 0 Å². The van der Waals surface area contributed by atoms with Crippen molar-refractivity contribution in [3.63, 3.8) is 0 Å². The molecule has 0 aliphatic rings. The van der Waals surface area contributed by atoms with E-state index >= 15 is 0 Å². The Morgan fingerprint density at radius 3 is 3.12 bits per heavy atom. The highest BCUT2D eigenvalue weighted by atomic mass is 32.1. The fourth-order valence-corrected chi connectivity index (χ4v) is 2.37. The molecule has 0 saturated carbocycles. The lowest BCUT2D eigenvalue weighted by Gasteiger charge is -2.03. The molecule has 0 aliphatic carbocycles. The van der Waals surface area contributed by atoms with Crippen molar-refractivity contribution in [1.82, 2.24) is 10.3 Å². The molecule has 0 radical (unpaired) electrons. The molecule has 17 heavy (non-hydrogen) atoms. The third kappa shape index (κ3) is 2.81. The zero-order chi connectivity index (χ0) is 12.3. The van der Waals surface area contributed by atoms with Crippen molar-refractivity contribution < 1.29 is 9.90 Å². The molecule has 2 aromatic rings. The van der Waals surface area contributed by atoms with E-state index in [-0.39, 0.29) is 12.5 Å². The van der Waals surface area contributed by atoms with Crippen molar-refractivity contribution in [2.24, 2.45) is 0 Å². The van der Waals surface area contributed by atoms with Gasteiger partial charge in [0, 0.05) is 18.7 Å². The SMILES string of the molecule is Cc1nc2cc(C(=O)NCCCO)ccc2s1. The number of fused-ring (bicyclic) bond motifs is 1. The van der Waals surface area contributed by atoms with E-state index in [1.54, 1.807) is 23.5 Å². The van der Waals surface area contributed by atoms with Crippen molar-refractivity contribution in [3.8, 4) is 0 Å². The predicted molar refractivity (Wildman–Crippen MR) is 68.4 cm³/mol. The summed E-state index contributed by atoms with van der Waals surface area (Å²) in [6.07, 6.45) is 0.573. The zero-order valence-electron chi connectivity index (χ0n) is 9.56. The van der Waals surface area contributed by atoms with Gasteiger partial charge in [0.25, 0.3) is 5.91 Å². The molecule has 90 valence electrons. The number of nitrogens with one attached hydrogen (secondary N) is 1. The molecule has 0 spiro atoms. The molecule has 5 heteroatoms. The van der Waals surface area contributed by atoms with Crippen LogP contribution < -0.4 is 5.32 Å². The van der Waals surface area contributed by atoms with Crippen molar-refractivity contribution in [2.75, 3.05) is 13.2 Å².